The highest BCUT2D eigenvalue weighted by Gasteiger charge is 2.31. The van der Waals surface area contributed by atoms with Gasteiger partial charge in [0.25, 0.3) is 0 Å². The molecule has 4 heteroatoms. The number of alkyl halides is 3. The minimum atomic E-state index is -4.35. The second kappa shape index (κ2) is 4.82. The van der Waals surface area contributed by atoms with E-state index in [0.717, 1.165) is 17.7 Å². The van der Waals surface area contributed by atoms with Crippen LogP contribution in [-0.4, -0.2) is 0 Å². The van der Waals surface area contributed by atoms with E-state index in [4.69, 9.17) is 5.73 Å². The minimum Gasteiger partial charge on any atom is -0.326 e. The van der Waals surface area contributed by atoms with Gasteiger partial charge >= 0.3 is 6.18 Å². The maximum Gasteiger partial charge on any atom is 0.416 e. The molecular weight excluding hydrogens is 239 g/mol. The van der Waals surface area contributed by atoms with Crippen molar-refractivity contribution in [3.63, 3.8) is 0 Å². The Morgan fingerprint density at radius 2 is 1.56 bits per heavy atom. The normalized spacial score (nSPS) is 11.6. The molecule has 0 aliphatic heterocycles. The van der Waals surface area contributed by atoms with Gasteiger partial charge < -0.3 is 5.73 Å². The van der Waals surface area contributed by atoms with E-state index in [1.807, 2.05) is 6.07 Å². The van der Waals surface area contributed by atoms with Crippen molar-refractivity contribution in [2.75, 3.05) is 0 Å². The average molecular weight is 251 g/mol. The first kappa shape index (κ1) is 12.6. The van der Waals surface area contributed by atoms with Gasteiger partial charge in [-0.05, 0) is 34.9 Å². The molecule has 0 bridgehead atoms. The first-order valence-corrected chi connectivity index (χ1v) is 5.47. The van der Waals surface area contributed by atoms with Crippen LogP contribution in [0.2, 0.25) is 0 Å². The van der Waals surface area contributed by atoms with Gasteiger partial charge in [0.2, 0.25) is 0 Å². The fraction of sp³-hybridized carbons (Fsp3) is 0.143. The van der Waals surface area contributed by atoms with Crippen LogP contribution in [0, 0.1) is 0 Å². The van der Waals surface area contributed by atoms with Crippen LogP contribution in [0.4, 0.5) is 13.2 Å². The van der Waals surface area contributed by atoms with Crippen molar-refractivity contribution in [3.8, 4) is 11.1 Å². The molecule has 1 nitrogen and oxygen atoms in total. The third kappa shape index (κ3) is 2.71. The third-order valence-electron chi connectivity index (χ3n) is 2.66. The van der Waals surface area contributed by atoms with Gasteiger partial charge in [-0.3, -0.25) is 0 Å². The number of rotatable bonds is 2. The lowest BCUT2D eigenvalue weighted by Gasteiger charge is -2.11. The molecule has 0 radical (unpaired) electrons. The van der Waals surface area contributed by atoms with E-state index in [0.29, 0.717) is 11.1 Å². The fourth-order valence-corrected chi connectivity index (χ4v) is 1.77. The van der Waals surface area contributed by atoms with Crippen molar-refractivity contribution >= 4 is 0 Å². The van der Waals surface area contributed by atoms with Crippen molar-refractivity contribution in [3.05, 3.63) is 59.7 Å². The largest absolute Gasteiger partial charge is 0.416 e. The summed E-state index contributed by atoms with van der Waals surface area (Å²) in [5.41, 5.74) is 6.54. The van der Waals surface area contributed by atoms with E-state index in [9.17, 15) is 13.2 Å². The zero-order valence-corrected chi connectivity index (χ0v) is 9.54. The van der Waals surface area contributed by atoms with Gasteiger partial charge in [-0.15, -0.1) is 0 Å². The molecule has 94 valence electrons. The lowest BCUT2D eigenvalue weighted by atomic mass is 9.99. The summed E-state index contributed by atoms with van der Waals surface area (Å²) in [5.74, 6) is 0. The second-order valence-electron chi connectivity index (χ2n) is 3.99. The average Bonchev–Trinajstić information content (AvgIpc) is 2.38. The summed E-state index contributed by atoms with van der Waals surface area (Å²) in [7, 11) is 0. The molecule has 0 spiro atoms. The molecule has 0 atom stereocenters. The minimum absolute atomic E-state index is 0.0871. The van der Waals surface area contributed by atoms with Crippen LogP contribution in [0.25, 0.3) is 11.1 Å². The van der Waals surface area contributed by atoms with Crippen molar-refractivity contribution in [2.45, 2.75) is 12.7 Å². The Bertz CT molecular complexity index is 532. The van der Waals surface area contributed by atoms with Crippen LogP contribution in [0.5, 0.6) is 0 Å². The van der Waals surface area contributed by atoms with Crippen LogP contribution in [-0.2, 0) is 12.7 Å². The highest BCUT2D eigenvalue weighted by molar-refractivity contribution is 5.65. The van der Waals surface area contributed by atoms with Crippen molar-refractivity contribution < 1.29 is 13.2 Å². The quantitative estimate of drug-likeness (QED) is 0.862. The molecule has 18 heavy (non-hydrogen) atoms. The lowest BCUT2D eigenvalue weighted by molar-refractivity contribution is -0.137. The summed E-state index contributed by atoms with van der Waals surface area (Å²) in [5, 5.41) is 0. The first-order valence-electron chi connectivity index (χ1n) is 5.47. The summed E-state index contributed by atoms with van der Waals surface area (Å²) in [6.07, 6.45) is -4.35. The lowest BCUT2D eigenvalue weighted by Crippen LogP contribution is -2.07. The summed E-state index contributed by atoms with van der Waals surface area (Å²) >= 11 is 0. The van der Waals surface area contributed by atoms with E-state index in [-0.39, 0.29) is 6.54 Å². The Balaban J connectivity index is 2.55. The Labute approximate surface area is 103 Å². The van der Waals surface area contributed by atoms with Crippen LogP contribution in [0.15, 0.2) is 48.5 Å². The molecule has 2 aromatic rings. The zero-order chi connectivity index (χ0) is 13.2. The van der Waals surface area contributed by atoms with Crippen molar-refractivity contribution in [1.82, 2.24) is 0 Å². The van der Waals surface area contributed by atoms with Gasteiger partial charge in [0, 0.05) is 6.54 Å². The fourth-order valence-electron chi connectivity index (χ4n) is 1.77. The molecule has 0 aliphatic carbocycles. The Kier molecular flexibility index (Phi) is 3.39. The molecule has 0 fully saturated rings. The topological polar surface area (TPSA) is 26.0 Å². The number of hydrogen-bond acceptors (Lipinski definition) is 1. The van der Waals surface area contributed by atoms with Crippen molar-refractivity contribution in [1.29, 1.82) is 0 Å². The van der Waals surface area contributed by atoms with Crippen molar-refractivity contribution in [2.24, 2.45) is 5.73 Å². The zero-order valence-electron chi connectivity index (χ0n) is 9.54. The van der Waals surface area contributed by atoms with Gasteiger partial charge in [0.15, 0.2) is 0 Å². The molecule has 2 rings (SSSR count). The van der Waals surface area contributed by atoms with E-state index >= 15 is 0 Å². The molecule has 0 saturated carbocycles. The number of nitrogens with two attached hydrogens (primary N) is 1. The molecule has 0 aromatic heterocycles. The molecule has 0 heterocycles. The smallest absolute Gasteiger partial charge is 0.326 e. The van der Waals surface area contributed by atoms with E-state index < -0.39 is 11.7 Å². The monoisotopic (exact) mass is 251 g/mol. The molecule has 2 N–H and O–H groups in total. The van der Waals surface area contributed by atoms with Gasteiger partial charge in [0.1, 0.15) is 0 Å². The Morgan fingerprint density at radius 3 is 2.11 bits per heavy atom. The van der Waals surface area contributed by atoms with E-state index in [1.54, 1.807) is 30.3 Å². The van der Waals surface area contributed by atoms with Crippen LogP contribution >= 0.6 is 0 Å². The Morgan fingerprint density at radius 1 is 0.889 bits per heavy atom. The third-order valence-corrected chi connectivity index (χ3v) is 2.66. The predicted molar refractivity (Wildman–Crippen MR) is 64.8 cm³/mol. The SMILES string of the molecule is NCc1cc(-c2ccccc2)cc(C(F)(F)F)c1. The summed E-state index contributed by atoms with van der Waals surface area (Å²) in [6, 6.07) is 12.9. The molecule has 0 saturated heterocycles. The van der Waals surface area contributed by atoms with Crippen LogP contribution in [0.3, 0.4) is 0 Å². The highest BCUT2D eigenvalue weighted by atomic mass is 19.4. The molecule has 0 unspecified atom stereocenters. The maximum atomic E-state index is 12.8. The van der Waals surface area contributed by atoms with E-state index in [2.05, 4.69) is 0 Å². The van der Waals surface area contributed by atoms with Crippen LogP contribution in [0.1, 0.15) is 11.1 Å². The predicted octanol–water partition coefficient (Wildman–Crippen LogP) is 3.83. The summed E-state index contributed by atoms with van der Waals surface area (Å²) < 4.78 is 38.3. The van der Waals surface area contributed by atoms with Gasteiger partial charge in [-0.1, -0.05) is 30.3 Å². The standard InChI is InChI=1S/C14H12F3N/c15-14(16,17)13-7-10(9-18)6-12(8-13)11-4-2-1-3-5-11/h1-8H,9,18H2. The molecule has 0 aliphatic rings. The molecular formula is C14H12F3N. The molecule has 2 aromatic carbocycles. The second-order valence-corrected chi connectivity index (χ2v) is 3.99. The number of hydrogen-bond donors (Lipinski definition) is 1. The summed E-state index contributed by atoms with van der Waals surface area (Å²) in [6.45, 7) is 0.0871. The first-order chi connectivity index (χ1) is 8.50. The van der Waals surface area contributed by atoms with Gasteiger partial charge in [-0.2, -0.15) is 13.2 Å². The van der Waals surface area contributed by atoms with Gasteiger partial charge in [-0.25, -0.2) is 0 Å². The maximum absolute atomic E-state index is 12.8. The van der Waals surface area contributed by atoms with E-state index in [1.165, 1.54) is 0 Å². The number of halogens is 3. The number of benzene rings is 2. The highest BCUT2D eigenvalue weighted by Crippen LogP contribution is 2.33. The van der Waals surface area contributed by atoms with Gasteiger partial charge in [0.05, 0.1) is 5.56 Å². The Hall–Kier alpha value is -1.81. The molecule has 0 amide bonds. The van der Waals surface area contributed by atoms with Crippen LogP contribution < -0.4 is 5.73 Å². The summed E-state index contributed by atoms with van der Waals surface area (Å²) in [4.78, 5) is 0.